The third-order valence-corrected chi connectivity index (χ3v) is 1.96. The third kappa shape index (κ3) is 3.13. The van der Waals surface area contributed by atoms with Gasteiger partial charge in [-0.05, 0) is 19.4 Å². The second-order valence-corrected chi connectivity index (χ2v) is 3.10. The first-order chi connectivity index (χ1) is 7.15. The summed E-state index contributed by atoms with van der Waals surface area (Å²) in [5.74, 6) is -0.593. The highest BCUT2D eigenvalue weighted by molar-refractivity contribution is 5.89. The average Bonchev–Trinajstić information content (AvgIpc) is 2.18. The lowest BCUT2D eigenvalue weighted by atomic mass is 10.1. The molecule has 0 aliphatic carbocycles. The van der Waals surface area contributed by atoms with Crippen LogP contribution in [-0.2, 0) is 9.53 Å². The Labute approximate surface area is 89.0 Å². The zero-order chi connectivity index (χ0) is 11.3. The quantitative estimate of drug-likeness (QED) is 0.469. The molecule has 80 valence electrons. The van der Waals surface area contributed by atoms with E-state index in [1.807, 2.05) is 19.1 Å². The molecule has 0 spiro atoms. The lowest BCUT2D eigenvalue weighted by Gasteiger charge is -2.03. The van der Waals surface area contributed by atoms with Crippen molar-refractivity contribution in [2.75, 3.05) is 6.61 Å². The number of aliphatic hydroxyl groups excluding tert-OH is 1. The van der Waals surface area contributed by atoms with Gasteiger partial charge in [0.25, 0.3) is 0 Å². The summed E-state index contributed by atoms with van der Waals surface area (Å²) in [7, 11) is 0. The van der Waals surface area contributed by atoms with Crippen LogP contribution in [0.1, 0.15) is 18.1 Å². The van der Waals surface area contributed by atoms with E-state index in [2.05, 4.69) is 0 Å². The molecule has 0 aromatic heterocycles. The van der Waals surface area contributed by atoms with Crippen LogP contribution in [0.3, 0.4) is 0 Å². The van der Waals surface area contributed by atoms with Crippen LogP contribution in [0.25, 0.3) is 5.76 Å². The predicted molar refractivity (Wildman–Crippen MR) is 58.4 cm³/mol. The van der Waals surface area contributed by atoms with Crippen molar-refractivity contribution in [3.05, 3.63) is 41.5 Å². The second-order valence-electron chi connectivity index (χ2n) is 3.10. The van der Waals surface area contributed by atoms with Gasteiger partial charge in [0.05, 0.1) is 12.7 Å². The smallest absolute Gasteiger partial charge is 0.334 e. The lowest BCUT2D eigenvalue weighted by molar-refractivity contribution is -0.137. The van der Waals surface area contributed by atoms with Gasteiger partial charge in [-0.1, -0.05) is 24.3 Å². The van der Waals surface area contributed by atoms with Crippen LogP contribution in [0.15, 0.2) is 30.3 Å². The molecule has 1 aromatic rings. The maximum atomic E-state index is 11.1. The highest BCUT2D eigenvalue weighted by atomic mass is 16.5. The van der Waals surface area contributed by atoms with E-state index in [1.165, 1.54) is 0 Å². The molecule has 0 aliphatic heterocycles. The standard InChI is InChI=1S/C12H14O3/c1-3-15-12(14)8-11(13)10-7-5-4-6-9(10)2/h4-8,13H,3H2,1-2H3/b11-8-. The van der Waals surface area contributed by atoms with E-state index in [1.54, 1.807) is 19.1 Å². The fourth-order valence-electron chi connectivity index (χ4n) is 1.23. The highest BCUT2D eigenvalue weighted by Crippen LogP contribution is 2.15. The minimum absolute atomic E-state index is 0.0634. The SMILES string of the molecule is CCOC(=O)/C=C(\O)c1ccccc1C. The van der Waals surface area contributed by atoms with Gasteiger partial charge in [0.2, 0.25) is 0 Å². The van der Waals surface area contributed by atoms with Crippen LogP contribution in [0.5, 0.6) is 0 Å². The number of aryl methyl sites for hydroxylation is 1. The number of benzene rings is 1. The molecular weight excluding hydrogens is 192 g/mol. The maximum absolute atomic E-state index is 11.1. The van der Waals surface area contributed by atoms with E-state index < -0.39 is 5.97 Å². The van der Waals surface area contributed by atoms with Gasteiger partial charge in [-0.3, -0.25) is 0 Å². The molecule has 0 saturated heterocycles. The third-order valence-electron chi connectivity index (χ3n) is 1.96. The van der Waals surface area contributed by atoms with Gasteiger partial charge in [-0.2, -0.15) is 0 Å². The summed E-state index contributed by atoms with van der Waals surface area (Å²) in [5.41, 5.74) is 1.56. The van der Waals surface area contributed by atoms with Gasteiger partial charge in [0, 0.05) is 5.56 Å². The number of esters is 1. The molecule has 0 unspecified atom stereocenters. The number of aliphatic hydroxyl groups is 1. The van der Waals surface area contributed by atoms with Crippen LogP contribution >= 0.6 is 0 Å². The molecule has 15 heavy (non-hydrogen) atoms. The Bertz CT molecular complexity index is 380. The number of ether oxygens (including phenoxy) is 1. The van der Waals surface area contributed by atoms with Gasteiger partial charge < -0.3 is 9.84 Å². The largest absolute Gasteiger partial charge is 0.507 e. The Hall–Kier alpha value is -1.77. The van der Waals surface area contributed by atoms with Crippen LogP contribution in [-0.4, -0.2) is 17.7 Å². The summed E-state index contributed by atoms with van der Waals surface area (Å²) in [4.78, 5) is 11.1. The molecule has 0 radical (unpaired) electrons. The average molecular weight is 206 g/mol. The second kappa shape index (κ2) is 5.20. The minimum atomic E-state index is -0.529. The molecule has 0 fully saturated rings. The summed E-state index contributed by atoms with van der Waals surface area (Å²) >= 11 is 0. The molecule has 0 amide bonds. The summed E-state index contributed by atoms with van der Waals surface area (Å²) in [6, 6.07) is 7.29. The Morgan fingerprint density at radius 1 is 1.47 bits per heavy atom. The van der Waals surface area contributed by atoms with Crippen molar-refractivity contribution >= 4 is 11.7 Å². The molecular formula is C12H14O3. The van der Waals surface area contributed by atoms with Crippen LogP contribution in [0.4, 0.5) is 0 Å². The Balaban J connectivity index is 2.89. The normalized spacial score (nSPS) is 11.2. The maximum Gasteiger partial charge on any atom is 0.334 e. The summed E-state index contributed by atoms with van der Waals surface area (Å²) < 4.78 is 4.70. The molecule has 0 saturated carbocycles. The van der Waals surface area contributed by atoms with Crippen molar-refractivity contribution < 1.29 is 14.6 Å². The van der Waals surface area contributed by atoms with E-state index in [-0.39, 0.29) is 5.76 Å². The van der Waals surface area contributed by atoms with E-state index in [9.17, 15) is 9.90 Å². The fraction of sp³-hybridized carbons (Fsp3) is 0.250. The van der Waals surface area contributed by atoms with Crippen molar-refractivity contribution in [2.24, 2.45) is 0 Å². The minimum Gasteiger partial charge on any atom is -0.507 e. The molecule has 3 nitrogen and oxygen atoms in total. The molecule has 0 atom stereocenters. The van der Waals surface area contributed by atoms with Crippen LogP contribution < -0.4 is 0 Å². The summed E-state index contributed by atoms with van der Waals surface area (Å²) in [6.07, 6.45) is 1.09. The predicted octanol–water partition coefficient (Wildman–Crippen LogP) is 2.46. The van der Waals surface area contributed by atoms with Crippen LogP contribution in [0, 0.1) is 6.92 Å². The molecule has 1 aromatic carbocycles. The van der Waals surface area contributed by atoms with Crippen molar-refractivity contribution in [3.8, 4) is 0 Å². The number of rotatable bonds is 3. The Morgan fingerprint density at radius 2 is 2.13 bits per heavy atom. The number of hydrogen-bond acceptors (Lipinski definition) is 3. The summed E-state index contributed by atoms with van der Waals surface area (Å²) in [5, 5.41) is 9.66. The zero-order valence-electron chi connectivity index (χ0n) is 8.86. The molecule has 0 heterocycles. The molecule has 1 rings (SSSR count). The van der Waals surface area contributed by atoms with Crippen LogP contribution in [0.2, 0.25) is 0 Å². The molecule has 1 N–H and O–H groups in total. The zero-order valence-corrected chi connectivity index (χ0v) is 8.86. The van der Waals surface area contributed by atoms with E-state index in [4.69, 9.17) is 4.74 Å². The van der Waals surface area contributed by atoms with E-state index >= 15 is 0 Å². The Morgan fingerprint density at radius 3 is 2.73 bits per heavy atom. The molecule has 0 bridgehead atoms. The highest BCUT2D eigenvalue weighted by Gasteiger charge is 2.05. The van der Waals surface area contributed by atoms with Gasteiger partial charge in [0.15, 0.2) is 0 Å². The first-order valence-corrected chi connectivity index (χ1v) is 4.78. The van der Waals surface area contributed by atoms with Crippen molar-refractivity contribution in [1.29, 1.82) is 0 Å². The van der Waals surface area contributed by atoms with Gasteiger partial charge in [-0.25, -0.2) is 4.79 Å². The first-order valence-electron chi connectivity index (χ1n) is 4.78. The van der Waals surface area contributed by atoms with Crippen molar-refractivity contribution in [2.45, 2.75) is 13.8 Å². The van der Waals surface area contributed by atoms with Gasteiger partial charge >= 0.3 is 5.97 Å². The van der Waals surface area contributed by atoms with Crippen molar-refractivity contribution in [1.82, 2.24) is 0 Å². The van der Waals surface area contributed by atoms with Crippen molar-refractivity contribution in [3.63, 3.8) is 0 Å². The number of hydrogen-bond donors (Lipinski definition) is 1. The number of carbonyl (C=O) groups is 1. The summed E-state index contributed by atoms with van der Waals surface area (Å²) in [6.45, 7) is 3.89. The molecule has 3 heteroatoms. The topological polar surface area (TPSA) is 46.5 Å². The first kappa shape index (κ1) is 11.3. The van der Waals surface area contributed by atoms with E-state index in [0.717, 1.165) is 11.6 Å². The van der Waals surface area contributed by atoms with Gasteiger partial charge in [0.1, 0.15) is 5.76 Å². The number of carbonyl (C=O) groups excluding carboxylic acids is 1. The fourth-order valence-corrected chi connectivity index (χ4v) is 1.23. The van der Waals surface area contributed by atoms with E-state index in [0.29, 0.717) is 12.2 Å². The lowest BCUT2D eigenvalue weighted by Crippen LogP contribution is -2.01. The molecule has 0 aliphatic rings. The Kier molecular flexibility index (Phi) is 3.92. The monoisotopic (exact) mass is 206 g/mol. The van der Waals surface area contributed by atoms with Gasteiger partial charge in [-0.15, -0.1) is 0 Å².